The Bertz CT molecular complexity index is 620. The van der Waals surface area contributed by atoms with E-state index in [1.165, 1.54) is 6.20 Å². The highest BCUT2D eigenvalue weighted by Crippen LogP contribution is 2.23. The van der Waals surface area contributed by atoms with E-state index in [4.69, 9.17) is 23.2 Å². The number of carbonyl (C=O) groups excluding carboxylic acids is 1. The van der Waals surface area contributed by atoms with Crippen LogP contribution in [0.5, 0.6) is 0 Å². The van der Waals surface area contributed by atoms with Gasteiger partial charge in [0.15, 0.2) is 5.78 Å². The Hall–Kier alpha value is -1.39. The molecule has 0 saturated carbocycles. The molecule has 0 atom stereocenters. The van der Waals surface area contributed by atoms with Gasteiger partial charge in [-0.1, -0.05) is 30.1 Å². The standard InChI is InChI=1S/C14H15Cl2N3O/c1-3-10-14(16)11(19(4-2)18-10)7-12(20)9-5-6-13(15)17-8-9/h5-6,8H,3-4,7H2,1-2H3. The number of hydrogen-bond donors (Lipinski definition) is 0. The lowest BCUT2D eigenvalue weighted by Crippen LogP contribution is -2.10. The zero-order chi connectivity index (χ0) is 14.7. The van der Waals surface area contributed by atoms with Gasteiger partial charge < -0.3 is 0 Å². The van der Waals surface area contributed by atoms with Gasteiger partial charge in [0, 0.05) is 18.3 Å². The summed E-state index contributed by atoms with van der Waals surface area (Å²) < 4.78 is 1.78. The lowest BCUT2D eigenvalue weighted by molar-refractivity contribution is 0.0990. The van der Waals surface area contributed by atoms with Crippen molar-refractivity contribution in [2.24, 2.45) is 0 Å². The van der Waals surface area contributed by atoms with Gasteiger partial charge >= 0.3 is 0 Å². The molecular weight excluding hydrogens is 297 g/mol. The highest BCUT2D eigenvalue weighted by Gasteiger charge is 2.18. The van der Waals surface area contributed by atoms with E-state index in [1.54, 1.807) is 16.8 Å². The molecule has 0 unspecified atom stereocenters. The lowest BCUT2D eigenvalue weighted by Gasteiger charge is -2.05. The minimum Gasteiger partial charge on any atom is -0.294 e. The van der Waals surface area contributed by atoms with Gasteiger partial charge in [-0.3, -0.25) is 9.48 Å². The van der Waals surface area contributed by atoms with Crippen molar-refractivity contribution in [1.82, 2.24) is 14.8 Å². The third kappa shape index (κ3) is 3.02. The maximum Gasteiger partial charge on any atom is 0.170 e. The molecule has 0 bridgehead atoms. The summed E-state index contributed by atoms with van der Waals surface area (Å²) in [6.45, 7) is 4.64. The smallest absolute Gasteiger partial charge is 0.170 e. The van der Waals surface area contributed by atoms with Crippen molar-refractivity contribution in [3.63, 3.8) is 0 Å². The van der Waals surface area contributed by atoms with E-state index in [1.807, 2.05) is 13.8 Å². The van der Waals surface area contributed by atoms with Crippen LogP contribution >= 0.6 is 23.2 Å². The number of nitrogens with zero attached hydrogens (tertiary/aromatic N) is 3. The SMILES string of the molecule is CCc1nn(CC)c(CC(=O)c2ccc(Cl)nc2)c1Cl. The highest BCUT2D eigenvalue weighted by molar-refractivity contribution is 6.32. The van der Waals surface area contributed by atoms with Crippen LogP contribution in [-0.4, -0.2) is 20.5 Å². The van der Waals surface area contributed by atoms with Crippen LogP contribution in [0, 0.1) is 0 Å². The third-order valence-electron chi connectivity index (χ3n) is 3.07. The fourth-order valence-electron chi connectivity index (χ4n) is 1.98. The molecule has 0 spiro atoms. The first-order valence-corrected chi connectivity index (χ1v) is 7.21. The first-order chi connectivity index (χ1) is 9.56. The first kappa shape index (κ1) is 15.0. The molecular formula is C14H15Cl2N3O. The molecule has 2 aromatic rings. The molecule has 0 amide bonds. The molecule has 0 aliphatic rings. The van der Waals surface area contributed by atoms with Gasteiger partial charge in [0.05, 0.1) is 22.8 Å². The summed E-state index contributed by atoms with van der Waals surface area (Å²) in [5.74, 6) is -0.0479. The summed E-state index contributed by atoms with van der Waals surface area (Å²) in [5.41, 5.74) is 2.10. The molecule has 20 heavy (non-hydrogen) atoms. The number of carbonyl (C=O) groups is 1. The molecule has 2 heterocycles. The molecule has 0 radical (unpaired) electrons. The molecule has 0 N–H and O–H groups in total. The predicted molar refractivity (Wildman–Crippen MR) is 79.6 cm³/mol. The van der Waals surface area contributed by atoms with Crippen molar-refractivity contribution in [3.05, 3.63) is 45.5 Å². The minimum atomic E-state index is -0.0479. The van der Waals surface area contributed by atoms with Gasteiger partial charge in [0.1, 0.15) is 5.15 Å². The van der Waals surface area contributed by atoms with Gasteiger partial charge in [-0.25, -0.2) is 4.98 Å². The lowest BCUT2D eigenvalue weighted by atomic mass is 10.1. The van der Waals surface area contributed by atoms with E-state index in [0.29, 0.717) is 22.3 Å². The number of rotatable bonds is 5. The molecule has 0 aliphatic carbocycles. The predicted octanol–water partition coefficient (Wildman–Crippen LogP) is 3.59. The topological polar surface area (TPSA) is 47.8 Å². The van der Waals surface area contributed by atoms with E-state index >= 15 is 0 Å². The van der Waals surface area contributed by atoms with Crippen LogP contribution in [0.25, 0.3) is 0 Å². The molecule has 106 valence electrons. The molecule has 0 aromatic carbocycles. The molecule has 2 aromatic heterocycles. The fraction of sp³-hybridized carbons (Fsp3) is 0.357. The first-order valence-electron chi connectivity index (χ1n) is 6.45. The Labute approximate surface area is 127 Å². The average Bonchev–Trinajstić information content (AvgIpc) is 2.76. The van der Waals surface area contributed by atoms with Crippen LogP contribution in [0.2, 0.25) is 10.2 Å². The number of ketones is 1. The number of pyridine rings is 1. The Morgan fingerprint density at radius 3 is 2.60 bits per heavy atom. The van der Waals surface area contributed by atoms with Gasteiger partial charge in [-0.15, -0.1) is 0 Å². The Balaban J connectivity index is 2.27. The van der Waals surface area contributed by atoms with Crippen LogP contribution in [0.4, 0.5) is 0 Å². The molecule has 0 fully saturated rings. The Morgan fingerprint density at radius 2 is 2.05 bits per heavy atom. The number of aryl methyl sites for hydroxylation is 2. The number of aromatic nitrogens is 3. The average molecular weight is 312 g/mol. The van der Waals surface area contributed by atoms with Crippen molar-refractivity contribution in [3.8, 4) is 0 Å². The van der Waals surface area contributed by atoms with Gasteiger partial charge in [-0.2, -0.15) is 5.10 Å². The van der Waals surface area contributed by atoms with Gasteiger partial charge in [-0.05, 0) is 25.5 Å². The summed E-state index contributed by atoms with van der Waals surface area (Å²) in [6.07, 6.45) is 2.43. The summed E-state index contributed by atoms with van der Waals surface area (Å²) >= 11 is 12.0. The van der Waals surface area contributed by atoms with Crippen molar-refractivity contribution in [2.45, 2.75) is 33.2 Å². The van der Waals surface area contributed by atoms with E-state index in [0.717, 1.165) is 17.8 Å². The van der Waals surface area contributed by atoms with Crippen molar-refractivity contribution < 1.29 is 4.79 Å². The number of hydrogen-bond acceptors (Lipinski definition) is 3. The summed E-state index contributed by atoms with van der Waals surface area (Å²) in [6, 6.07) is 3.27. The molecule has 0 saturated heterocycles. The molecule has 6 heteroatoms. The Morgan fingerprint density at radius 1 is 1.30 bits per heavy atom. The molecule has 4 nitrogen and oxygen atoms in total. The highest BCUT2D eigenvalue weighted by atomic mass is 35.5. The quantitative estimate of drug-likeness (QED) is 0.626. The molecule has 0 aliphatic heterocycles. The van der Waals surface area contributed by atoms with Crippen molar-refractivity contribution in [1.29, 1.82) is 0 Å². The summed E-state index contributed by atoms with van der Waals surface area (Å²) in [7, 11) is 0. The van der Waals surface area contributed by atoms with Gasteiger partial charge in [0.2, 0.25) is 0 Å². The normalized spacial score (nSPS) is 10.8. The second-order valence-electron chi connectivity index (χ2n) is 4.35. The van der Waals surface area contributed by atoms with E-state index in [2.05, 4.69) is 10.1 Å². The second kappa shape index (κ2) is 6.37. The number of halogens is 2. The number of Topliss-reactive ketones (excluding diaryl/α,β-unsaturated/α-hetero) is 1. The molecule has 2 rings (SSSR count). The zero-order valence-electron chi connectivity index (χ0n) is 11.4. The van der Waals surface area contributed by atoms with Crippen molar-refractivity contribution >= 4 is 29.0 Å². The van der Waals surface area contributed by atoms with Crippen LogP contribution in [0.3, 0.4) is 0 Å². The fourth-order valence-corrected chi connectivity index (χ4v) is 2.43. The monoisotopic (exact) mass is 311 g/mol. The van der Waals surface area contributed by atoms with Crippen molar-refractivity contribution in [2.75, 3.05) is 0 Å². The summed E-state index contributed by atoms with van der Waals surface area (Å²) in [4.78, 5) is 16.2. The van der Waals surface area contributed by atoms with Gasteiger partial charge in [0.25, 0.3) is 0 Å². The second-order valence-corrected chi connectivity index (χ2v) is 5.11. The summed E-state index contributed by atoms with van der Waals surface area (Å²) in [5, 5.41) is 5.36. The maximum absolute atomic E-state index is 12.3. The zero-order valence-corrected chi connectivity index (χ0v) is 12.9. The van der Waals surface area contributed by atoms with Crippen LogP contribution in [0.15, 0.2) is 18.3 Å². The van der Waals surface area contributed by atoms with Crippen LogP contribution in [0.1, 0.15) is 35.6 Å². The van der Waals surface area contributed by atoms with Crippen LogP contribution in [-0.2, 0) is 19.4 Å². The van der Waals surface area contributed by atoms with E-state index in [-0.39, 0.29) is 12.2 Å². The van der Waals surface area contributed by atoms with E-state index in [9.17, 15) is 4.79 Å². The largest absolute Gasteiger partial charge is 0.294 e. The van der Waals surface area contributed by atoms with Crippen LogP contribution < -0.4 is 0 Å². The van der Waals surface area contributed by atoms with E-state index < -0.39 is 0 Å². The minimum absolute atomic E-state index is 0.0479. The Kier molecular flexibility index (Phi) is 4.78. The maximum atomic E-state index is 12.3. The third-order valence-corrected chi connectivity index (χ3v) is 3.73.